The van der Waals surface area contributed by atoms with E-state index < -0.39 is 10.8 Å². The summed E-state index contributed by atoms with van der Waals surface area (Å²) in [5.41, 5.74) is -0.0832. The van der Waals surface area contributed by atoms with E-state index in [1.165, 1.54) is 12.1 Å². The highest BCUT2D eigenvalue weighted by molar-refractivity contribution is 9.10. The van der Waals surface area contributed by atoms with Crippen LogP contribution in [0.25, 0.3) is 0 Å². The van der Waals surface area contributed by atoms with Gasteiger partial charge in [0.2, 0.25) is 0 Å². The lowest BCUT2D eigenvalue weighted by Gasteiger charge is -2.01. The minimum absolute atomic E-state index is 0.0620. The summed E-state index contributed by atoms with van der Waals surface area (Å²) in [6, 6.07) is 3.96. The number of nitro groups is 1. The van der Waals surface area contributed by atoms with E-state index in [0.717, 1.165) is 6.07 Å². The van der Waals surface area contributed by atoms with Crippen LogP contribution in [-0.4, -0.2) is 21.0 Å². The van der Waals surface area contributed by atoms with Crippen LogP contribution in [0.1, 0.15) is 16.2 Å². The van der Waals surface area contributed by atoms with E-state index >= 15 is 0 Å². The van der Waals surface area contributed by atoms with Crippen LogP contribution < -0.4 is 5.32 Å². The lowest BCUT2D eigenvalue weighted by atomic mass is 10.2. The monoisotopic (exact) mass is 326 g/mol. The lowest BCUT2D eigenvalue weighted by molar-refractivity contribution is -0.385. The number of rotatable bonds is 3. The highest BCUT2D eigenvalue weighted by atomic mass is 79.9. The zero-order valence-electron chi connectivity index (χ0n) is 9.58. The Morgan fingerprint density at radius 3 is 2.84 bits per heavy atom. The largest absolute Gasteiger partial charge is 0.328 e. The number of amides is 1. The van der Waals surface area contributed by atoms with Crippen LogP contribution in [0.2, 0.25) is 0 Å². The third-order valence-corrected chi connectivity index (χ3v) is 2.82. The maximum atomic E-state index is 11.8. The molecule has 98 valence electrons. The number of hydrogen-bond acceptors (Lipinski definition) is 6. The van der Waals surface area contributed by atoms with Gasteiger partial charge in [-0.15, -0.1) is 0 Å². The van der Waals surface area contributed by atoms with Crippen molar-refractivity contribution in [2.75, 3.05) is 5.32 Å². The molecule has 1 heterocycles. The number of carbonyl (C=O) groups excluding carboxylic acids is 1. The van der Waals surface area contributed by atoms with E-state index in [2.05, 4.69) is 31.4 Å². The molecule has 0 unspecified atom stereocenters. The Labute approximate surface area is 115 Å². The average Bonchev–Trinajstić information content (AvgIpc) is 2.74. The van der Waals surface area contributed by atoms with Crippen LogP contribution in [-0.2, 0) is 0 Å². The molecular formula is C10H7BrN4O4. The Morgan fingerprint density at radius 1 is 1.53 bits per heavy atom. The number of hydrogen-bond donors (Lipinski definition) is 1. The number of nitro benzene ring substituents is 1. The first-order chi connectivity index (χ1) is 8.97. The molecule has 19 heavy (non-hydrogen) atoms. The fourth-order valence-electron chi connectivity index (χ4n) is 1.31. The molecular weight excluding hydrogens is 320 g/mol. The van der Waals surface area contributed by atoms with Crippen molar-refractivity contribution in [2.24, 2.45) is 0 Å². The first-order valence-electron chi connectivity index (χ1n) is 5.03. The molecule has 2 rings (SSSR count). The maximum absolute atomic E-state index is 11.8. The summed E-state index contributed by atoms with van der Waals surface area (Å²) in [7, 11) is 0. The van der Waals surface area contributed by atoms with Gasteiger partial charge < -0.3 is 4.52 Å². The predicted molar refractivity (Wildman–Crippen MR) is 67.8 cm³/mol. The zero-order valence-corrected chi connectivity index (χ0v) is 11.2. The van der Waals surface area contributed by atoms with Gasteiger partial charge in [-0.25, -0.2) is 0 Å². The Bertz CT molecular complexity index is 655. The van der Waals surface area contributed by atoms with Gasteiger partial charge in [-0.1, -0.05) is 5.16 Å². The van der Waals surface area contributed by atoms with Crippen LogP contribution in [0.3, 0.4) is 0 Å². The Kier molecular flexibility index (Phi) is 3.56. The SMILES string of the molecule is Cc1noc(NC(=O)c2ccc(Br)c([N+](=O)[O-])c2)n1. The van der Waals surface area contributed by atoms with Crippen molar-refractivity contribution in [3.05, 3.63) is 44.2 Å². The summed E-state index contributed by atoms with van der Waals surface area (Å²) >= 11 is 3.04. The third kappa shape index (κ3) is 2.94. The highest BCUT2D eigenvalue weighted by Crippen LogP contribution is 2.25. The van der Waals surface area contributed by atoms with Crippen molar-refractivity contribution >= 4 is 33.5 Å². The van der Waals surface area contributed by atoms with Crippen LogP contribution in [0.4, 0.5) is 11.7 Å². The maximum Gasteiger partial charge on any atom is 0.328 e. The molecule has 1 aromatic heterocycles. The van der Waals surface area contributed by atoms with Gasteiger partial charge >= 0.3 is 6.01 Å². The van der Waals surface area contributed by atoms with Crippen molar-refractivity contribution in [1.29, 1.82) is 0 Å². The predicted octanol–water partition coefficient (Wildman–Crippen LogP) is 2.30. The Morgan fingerprint density at radius 2 is 2.26 bits per heavy atom. The van der Waals surface area contributed by atoms with Gasteiger partial charge in [0.15, 0.2) is 5.82 Å². The summed E-state index contributed by atoms with van der Waals surface area (Å²) in [4.78, 5) is 25.8. The van der Waals surface area contributed by atoms with Gasteiger partial charge in [-0.2, -0.15) is 4.98 Å². The van der Waals surface area contributed by atoms with E-state index in [4.69, 9.17) is 4.52 Å². The van der Waals surface area contributed by atoms with Gasteiger partial charge in [-0.3, -0.25) is 20.2 Å². The topological polar surface area (TPSA) is 111 Å². The van der Waals surface area contributed by atoms with Gasteiger partial charge in [0.25, 0.3) is 11.6 Å². The molecule has 0 atom stereocenters. The van der Waals surface area contributed by atoms with E-state index in [-0.39, 0.29) is 17.3 Å². The van der Waals surface area contributed by atoms with Crippen LogP contribution >= 0.6 is 15.9 Å². The zero-order chi connectivity index (χ0) is 14.0. The molecule has 1 aromatic carbocycles. The number of halogens is 1. The molecule has 0 spiro atoms. The van der Waals surface area contributed by atoms with Crippen LogP contribution in [0.5, 0.6) is 0 Å². The molecule has 0 aliphatic carbocycles. The molecule has 8 nitrogen and oxygen atoms in total. The molecule has 0 fully saturated rings. The lowest BCUT2D eigenvalue weighted by Crippen LogP contribution is -2.12. The third-order valence-electron chi connectivity index (χ3n) is 2.15. The minimum atomic E-state index is -0.586. The normalized spacial score (nSPS) is 10.2. The number of anilines is 1. The van der Waals surface area contributed by atoms with Gasteiger partial charge in [0, 0.05) is 11.6 Å². The number of nitrogens with one attached hydrogen (secondary N) is 1. The van der Waals surface area contributed by atoms with Crippen LogP contribution in [0, 0.1) is 17.0 Å². The van der Waals surface area contributed by atoms with Gasteiger partial charge in [-0.05, 0) is 35.0 Å². The van der Waals surface area contributed by atoms with Gasteiger partial charge in [0.1, 0.15) is 0 Å². The number of aryl methyl sites for hydroxylation is 1. The standard InChI is InChI=1S/C10H7BrN4O4/c1-5-12-10(19-14-5)13-9(16)6-2-3-7(11)8(4-6)15(17)18/h2-4H,1H3,(H,12,13,14,16). The second-order valence-electron chi connectivity index (χ2n) is 3.52. The fraction of sp³-hybridized carbons (Fsp3) is 0.100. The molecule has 0 aliphatic rings. The van der Waals surface area contributed by atoms with Crippen molar-refractivity contribution in [3.8, 4) is 0 Å². The minimum Gasteiger partial charge on any atom is -0.315 e. The summed E-state index contributed by atoms with van der Waals surface area (Å²) in [6.07, 6.45) is 0. The van der Waals surface area contributed by atoms with Crippen molar-refractivity contribution < 1.29 is 14.2 Å². The second-order valence-corrected chi connectivity index (χ2v) is 4.38. The molecule has 2 aromatic rings. The smallest absolute Gasteiger partial charge is 0.315 e. The number of nitrogens with zero attached hydrogens (tertiary/aromatic N) is 3. The molecule has 0 bridgehead atoms. The molecule has 9 heteroatoms. The number of aromatic nitrogens is 2. The quantitative estimate of drug-likeness (QED) is 0.684. The first kappa shape index (κ1) is 13.1. The molecule has 1 N–H and O–H groups in total. The van der Waals surface area contributed by atoms with E-state index in [1.807, 2.05) is 0 Å². The molecule has 1 amide bonds. The van der Waals surface area contributed by atoms with Crippen molar-refractivity contribution in [1.82, 2.24) is 10.1 Å². The van der Waals surface area contributed by atoms with Gasteiger partial charge in [0.05, 0.1) is 9.40 Å². The highest BCUT2D eigenvalue weighted by Gasteiger charge is 2.17. The number of benzene rings is 1. The summed E-state index contributed by atoms with van der Waals surface area (Å²) < 4.78 is 5.02. The Balaban J connectivity index is 2.24. The summed E-state index contributed by atoms with van der Waals surface area (Å²) in [6.45, 7) is 1.60. The molecule has 0 saturated carbocycles. The molecule has 0 aliphatic heterocycles. The van der Waals surface area contributed by atoms with E-state index in [9.17, 15) is 14.9 Å². The van der Waals surface area contributed by atoms with Crippen LogP contribution in [0.15, 0.2) is 27.2 Å². The number of carbonyl (C=O) groups is 1. The average molecular weight is 327 g/mol. The molecule has 0 saturated heterocycles. The van der Waals surface area contributed by atoms with E-state index in [0.29, 0.717) is 10.3 Å². The summed E-state index contributed by atoms with van der Waals surface area (Å²) in [5.74, 6) is -0.198. The van der Waals surface area contributed by atoms with Crippen molar-refractivity contribution in [3.63, 3.8) is 0 Å². The molecule has 0 radical (unpaired) electrons. The fourth-order valence-corrected chi connectivity index (χ4v) is 1.70. The second kappa shape index (κ2) is 5.14. The first-order valence-corrected chi connectivity index (χ1v) is 5.82. The summed E-state index contributed by atoms with van der Waals surface area (Å²) in [5, 5.41) is 16.6. The van der Waals surface area contributed by atoms with Crippen molar-refractivity contribution in [2.45, 2.75) is 6.92 Å². The van der Waals surface area contributed by atoms with E-state index in [1.54, 1.807) is 6.92 Å². The Hall–Kier alpha value is -2.29.